The lowest BCUT2D eigenvalue weighted by molar-refractivity contribution is 0.0102. The maximum absolute atomic E-state index is 5.31. The molecule has 0 unspecified atom stereocenters. The van der Waals surface area contributed by atoms with Gasteiger partial charge in [-0.25, -0.2) is 15.4 Å². The Balaban J connectivity index is 1.54. The van der Waals surface area contributed by atoms with Gasteiger partial charge in [0.1, 0.15) is 0 Å². The quantitative estimate of drug-likeness (QED) is 0.808. The molecular weight excluding hydrogens is 204 g/mol. The summed E-state index contributed by atoms with van der Waals surface area (Å²) in [5.74, 6) is 0. The Labute approximate surface area is 95.4 Å². The van der Waals surface area contributed by atoms with E-state index in [1.54, 1.807) is 0 Å². The van der Waals surface area contributed by atoms with Crippen molar-refractivity contribution in [1.82, 2.24) is 20.0 Å². The van der Waals surface area contributed by atoms with E-state index in [4.69, 9.17) is 4.74 Å². The molecule has 1 aliphatic heterocycles. The largest absolute Gasteiger partial charge is 0.379 e. The van der Waals surface area contributed by atoms with Crippen molar-refractivity contribution in [3.05, 3.63) is 18.2 Å². The molecule has 0 bridgehead atoms. The molecule has 16 heavy (non-hydrogen) atoms. The van der Waals surface area contributed by atoms with E-state index in [0.717, 1.165) is 32.8 Å². The van der Waals surface area contributed by atoms with Crippen LogP contribution in [0.25, 0.3) is 0 Å². The molecule has 0 aromatic carbocycles. The van der Waals surface area contributed by atoms with E-state index in [9.17, 15) is 0 Å². The molecule has 1 saturated carbocycles. The Kier molecular flexibility index (Phi) is 2.90. The van der Waals surface area contributed by atoms with Crippen molar-refractivity contribution < 1.29 is 4.74 Å². The number of nitrogens with zero attached hydrogens (tertiary/aromatic N) is 3. The minimum absolute atomic E-state index is 0.712. The fourth-order valence-corrected chi connectivity index (χ4v) is 2.06. The van der Waals surface area contributed by atoms with Gasteiger partial charge in [-0.3, -0.25) is 0 Å². The zero-order chi connectivity index (χ0) is 10.8. The van der Waals surface area contributed by atoms with Crippen molar-refractivity contribution in [2.75, 3.05) is 26.3 Å². The summed E-state index contributed by atoms with van der Waals surface area (Å²) in [6.45, 7) is 4.47. The maximum Gasteiger partial charge on any atom is 0.0951 e. The van der Waals surface area contributed by atoms with Crippen LogP contribution in [0.1, 0.15) is 24.6 Å². The summed E-state index contributed by atoms with van der Waals surface area (Å²) in [4.78, 5) is 4.23. The summed E-state index contributed by atoms with van der Waals surface area (Å²) >= 11 is 0. The van der Waals surface area contributed by atoms with Crippen molar-refractivity contribution >= 4 is 0 Å². The highest BCUT2D eigenvalue weighted by atomic mass is 16.5. The highest BCUT2D eigenvalue weighted by molar-refractivity contribution is 5.03. The molecule has 1 aliphatic carbocycles. The first-order valence-electron chi connectivity index (χ1n) is 6.00. The van der Waals surface area contributed by atoms with Gasteiger partial charge in [-0.15, -0.1) is 0 Å². The summed E-state index contributed by atoms with van der Waals surface area (Å²) in [5, 5.41) is 2.23. The summed E-state index contributed by atoms with van der Waals surface area (Å²) in [6, 6.07) is 0.712. The number of aromatic nitrogens is 2. The van der Waals surface area contributed by atoms with Crippen LogP contribution in [0.5, 0.6) is 0 Å². The lowest BCUT2D eigenvalue weighted by Crippen LogP contribution is -2.45. The van der Waals surface area contributed by atoms with Gasteiger partial charge in [-0.05, 0) is 12.8 Å². The number of ether oxygens (including phenoxy) is 1. The second-order valence-electron chi connectivity index (χ2n) is 4.46. The molecule has 2 aliphatic rings. The molecule has 5 nitrogen and oxygen atoms in total. The molecule has 0 amide bonds. The molecule has 3 rings (SSSR count). The first-order valence-corrected chi connectivity index (χ1v) is 6.00. The number of morpholine rings is 1. The van der Waals surface area contributed by atoms with Crippen LogP contribution in [0.3, 0.4) is 0 Å². The van der Waals surface area contributed by atoms with Crippen molar-refractivity contribution in [2.24, 2.45) is 0 Å². The fraction of sp³-hybridized carbons (Fsp3) is 0.727. The van der Waals surface area contributed by atoms with Crippen LogP contribution in [-0.4, -0.2) is 40.9 Å². The number of hydrazine groups is 1. The number of nitrogens with one attached hydrogen (secondary N) is 1. The summed E-state index contributed by atoms with van der Waals surface area (Å²) in [5.41, 5.74) is 4.73. The van der Waals surface area contributed by atoms with Crippen LogP contribution in [-0.2, 0) is 11.3 Å². The number of hydrogen-bond donors (Lipinski definition) is 1. The Morgan fingerprint density at radius 1 is 1.38 bits per heavy atom. The van der Waals surface area contributed by atoms with E-state index in [-0.39, 0.29) is 0 Å². The third kappa shape index (κ3) is 2.26. The fourth-order valence-electron chi connectivity index (χ4n) is 2.06. The molecule has 2 fully saturated rings. The average Bonchev–Trinajstić information content (AvgIpc) is 3.07. The number of imidazole rings is 1. The Bertz CT molecular complexity index is 342. The second-order valence-corrected chi connectivity index (χ2v) is 4.46. The minimum Gasteiger partial charge on any atom is -0.379 e. The minimum atomic E-state index is 0.712. The van der Waals surface area contributed by atoms with E-state index < -0.39 is 0 Å². The summed E-state index contributed by atoms with van der Waals surface area (Å²) in [7, 11) is 0. The highest BCUT2D eigenvalue weighted by Crippen LogP contribution is 2.35. The van der Waals surface area contributed by atoms with Crippen LogP contribution < -0.4 is 5.43 Å². The normalized spacial score (nSPS) is 22.5. The van der Waals surface area contributed by atoms with Gasteiger partial charge in [0.25, 0.3) is 0 Å². The molecule has 88 valence electrons. The third-order valence-corrected chi connectivity index (χ3v) is 3.18. The Hall–Kier alpha value is -0.910. The molecular formula is C11H18N4O. The van der Waals surface area contributed by atoms with Gasteiger partial charge in [-0.2, -0.15) is 0 Å². The SMILES string of the molecule is c1ncn(C2CC2)c1CNN1CCOCC1. The summed E-state index contributed by atoms with van der Waals surface area (Å²) in [6.07, 6.45) is 6.53. The van der Waals surface area contributed by atoms with Gasteiger partial charge < -0.3 is 9.30 Å². The molecule has 5 heteroatoms. The Morgan fingerprint density at radius 2 is 2.19 bits per heavy atom. The molecule has 1 saturated heterocycles. The lowest BCUT2D eigenvalue weighted by Gasteiger charge is -2.27. The number of hydrogen-bond acceptors (Lipinski definition) is 4. The monoisotopic (exact) mass is 222 g/mol. The van der Waals surface area contributed by atoms with Gasteiger partial charge in [0.2, 0.25) is 0 Å². The first-order chi connectivity index (χ1) is 7.93. The number of rotatable bonds is 4. The molecule has 0 spiro atoms. The second kappa shape index (κ2) is 4.53. The van der Waals surface area contributed by atoms with Crippen LogP contribution in [0.15, 0.2) is 12.5 Å². The van der Waals surface area contributed by atoms with Gasteiger partial charge in [0.05, 0.1) is 31.8 Å². The molecule has 1 aromatic rings. The smallest absolute Gasteiger partial charge is 0.0951 e. The van der Waals surface area contributed by atoms with E-state index >= 15 is 0 Å². The highest BCUT2D eigenvalue weighted by Gasteiger charge is 2.25. The zero-order valence-electron chi connectivity index (χ0n) is 9.43. The van der Waals surface area contributed by atoms with Crippen LogP contribution in [0.2, 0.25) is 0 Å². The van der Waals surface area contributed by atoms with E-state index in [0.29, 0.717) is 6.04 Å². The predicted molar refractivity (Wildman–Crippen MR) is 59.7 cm³/mol. The summed E-state index contributed by atoms with van der Waals surface area (Å²) < 4.78 is 7.61. The van der Waals surface area contributed by atoms with Crippen molar-refractivity contribution in [3.8, 4) is 0 Å². The molecule has 2 heterocycles. The van der Waals surface area contributed by atoms with E-state index in [2.05, 4.69) is 20.0 Å². The lowest BCUT2D eigenvalue weighted by atomic mass is 10.4. The maximum atomic E-state index is 5.31. The van der Waals surface area contributed by atoms with Crippen molar-refractivity contribution in [1.29, 1.82) is 0 Å². The molecule has 1 aromatic heterocycles. The van der Waals surface area contributed by atoms with Crippen LogP contribution in [0, 0.1) is 0 Å². The van der Waals surface area contributed by atoms with Crippen LogP contribution >= 0.6 is 0 Å². The first kappa shape index (κ1) is 10.3. The Morgan fingerprint density at radius 3 is 2.94 bits per heavy atom. The van der Waals surface area contributed by atoms with Gasteiger partial charge in [0.15, 0.2) is 0 Å². The van der Waals surface area contributed by atoms with Gasteiger partial charge in [0, 0.05) is 25.3 Å². The average molecular weight is 222 g/mol. The zero-order valence-corrected chi connectivity index (χ0v) is 9.43. The van der Waals surface area contributed by atoms with Gasteiger partial charge >= 0.3 is 0 Å². The third-order valence-electron chi connectivity index (χ3n) is 3.18. The van der Waals surface area contributed by atoms with E-state index in [1.165, 1.54) is 18.5 Å². The van der Waals surface area contributed by atoms with E-state index in [1.807, 2.05) is 12.5 Å². The van der Waals surface area contributed by atoms with Crippen molar-refractivity contribution in [2.45, 2.75) is 25.4 Å². The molecule has 0 atom stereocenters. The standard InChI is InChI=1S/C11H18N4O/c1-2-10(1)15-9-12-7-11(15)8-13-14-3-5-16-6-4-14/h7,9-10,13H,1-6,8H2. The molecule has 1 N–H and O–H groups in total. The van der Waals surface area contributed by atoms with Gasteiger partial charge in [-0.1, -0.05) is 0 Å². The molecule has 0 radical (unpaired) electrons. The van der Waals surface area contributed by atoms with Crippen LogP contribution in [0.4, 0.5) is 0 Å². The topological polar surface area (TPSA) is 42.3 Å². The predicted octanol–water partition coefficient (Wildman–Crippen LogP) is 0.555. The van der Waals surface area contributed by atoms with Crippen molar-refractivity contribution in [3.63, 3.8) is 0 Å².